The second kappa shape index (κ2) is 8.33. The van der Waals surface area contributed by atoms with Crippen molar-refractivity contribution in [2.75, 3.05) is 24.7 Å². The number of carbonyl (C=O) groups excluding carboxylic acids is 3. The number of benzene rings is 1. The van der Waals surface area contributed by atoms with Crippen molar-refractivity contribution < 1.29 is 23.9 Å². The molecule has 130 valence electrons. The maximum Gasteiger partial charge on any atom is 0.326 e. The van der Waals surface area contributed by atoms with Crippen LogP contribution in [0.1, 0.15) is 26.7 Å². The first-order chi connectivity index (χ1) is 11.5. The minimum absolute atomic E-state index is 0.0208. The van der Waals surface area contributed by atoms with Crippen molar-refractivity contribution in [3.8, 4) is 5.75 Å². The number of ether oxygens (including phenoxy) is 2. The van der Waals surface area contributed by atoms with E-state index in [0.29, 0.717) is 11.4 Å². The van der Waals surface area contributed by atoms with E-state index in [1.807, 2.05) is 13.8 Å². The van der Waals surface area contributed by atoms with Gasteiger partial charge in [0.15, 0.2) is 6.61 Å². The molecule has 7 heteroatoms. The summed E-state index contributed by atoms with van der Waals surface area (Å²) in [6.07, 6.45) is 0.967. The summed E-state index contributed by atoms with van der Waals surface area (Å²) >= 11 is 0. The predicted molar refractivity (Wildman–Crippen MR) is 87.8 cm³/mol. The zero-order valence-electron chi connectivity index (χ0n) is 13.9. The summed E-state index contributed by atoms with van der Waals surface area (Å²) < 4.78 is 10.5. The molecule has 1 aromatic rings. The van der Waals surface area contributed by atoms with Crippen LogP contribution in [0, 0.1) is 0 Å². The van der Waals surface area contributed by atoms with Crippen LogP contribution in [0.4, 0.5) is 5.69 Å². The highest BCUT2D eigenvalue weighted by Gasteiger charge is 2.25. The van der Waals surface area contributed by atoms with E-state index >= 15 is 0 Å². The lowest BCUT2D eigenvalue weighted by molar-refractivity contribution is -0.147. The average Bonchev–Trinajstić information content (AvgIpc) is 2.72. The van der Waals surface area contributed by atoms with Gasteiger partial charge in [0.1, 0.15) is 12.3 Å². The molecule has 0 saturated heterocycles. The van der Waals surface area contributed by atoms with Crippen molar-refractivity contribution in [1.82, 2.24) is 5.32 Å². The molecule has 2 rings (SSSR count). The first kappa shape index (κ1) is 17.8. The van der Waals surface area contributed by atoms with Crippen molar-refractivity contribution >= 4 is 23.5 Å². The van der Waals surface area contributed by atoms with Gasteiger partial charge in [-0.2, -0.15) is 0 Å². The number of amides is 2. The average molecular weight is 334 g/mol. The van der Waals surface area contributed by atoms with Crippen molar-refractivity contribution in [2.24, 2.45) is 0 Å². The number of nitrogens with zero attached hydrogens (tertiary/aromatic N) is 1. The lowest BCUT2D eigenvalue weighted by Crippen LogP contribution is -2.39. The van der Waals surface area contributed by atoms with E-state index in [0.717, 1.165) is 6.42 Å². The van der Waals surface area contributed by atoms with Gasteiger partial charge in [-0.05, 0) is 25.5 Å². The van der Waals surface area contributed by atoms with Gasteiger partial charge in [-0.1, -0.05) is 19.1 Å². The van der Waals surface area contributed by atoms with E-state index in [2.05, 4.69) is 5.32 Å². The Morgan fingerprint density at radius 3 is 2.88 bits per heavy atom. The molecule has 24 heavy (non-hydrogen) atoms. The van der Waals surface area contributed by atoms with Crippen LogP contribution in [-0.4, -0.2) is 43.6 Å². The molecule has 1 aliphatic heterocycles. The Kier molecular flexibility index (Phi) is 6.17. The summed E-state index contributed by atoms with van der Waals surface area (Å²) in [5, 5.41) is 2.71. The quantitative estimate of drug-likeness (QED) is 0.792. The van der Waals surface area contributed by atoms with Crippen LogP contribution in [0.15, 0.2) is 24.3 Å². The number of esters is 1. The molecule has 0 unspecified atom stereocenters. The first-order valence-corrected chi connectivity index (χ1v) is 7.98. The number of fused-ring (bicyclic) bond motifs is 1. The van der Waals surface area contributed by atoms with Gasteiger partial charge in [0, 0.05) is 6.04 Å². The number of nitrogens with one attached hydrogen (secondary N) is 1. The van der Waals surface area contributed by atoms with Crippen LogP contribution in [0.2, 0.25) is 0 Å². The second-order valence-electron chi connectivity index (χ2n) is 5.58. The lowest BCUT2D eigenvalue weighted by atomic mass is 10.2. The first-order valence-electron chi connectivity index (χ1n) is 7.98. The van der Waals surface area contributed by atoms with E-state index in [1.165, 1.54) is 4.90 Å². The molecule has 2 amide bonds. The van der Waals surface area contributed by atoms with E-state index in [-0.39, 0.29) is 44.0 Å². The summed E-state index contributed by atoms with van der Waals surface area (Å²) in [6, 6.07) is 7.03. The Bertz CT molecular complexity index is 617. The third-order valence-electron chi connectivity index (χ3n) is 3.70. The minimum atomic E-state index is -0.639. The molecule has 0 radical (unpaired) electrons. The fourth-order valence-electron chi connectivity index (χ4n) is 2.23. The van der Waals surface area contributed by atoms with Gasteiger partial charge in [0.2, 0.25) is 5.91 Å². The van der Waals surface area contributed by atoms with Crippen LogP contribution in [-0.2, 0) is 19.1 Å². The fraction of sp³-hybridized carbons (Fsp3) is 0.471. The Morgan fingerprint density at radius 2 is 2.12 bits per heavy atom. The van der Waals surface area contributed by atoms with Gasteiger partial charge >= 0.3 is 5.97 Å². The highest BCUT2D eigenvalue weighted by molar-refractivity contribution is 5.99. The molecular weight excluding hydrogens is 312 g/mol. The summed E-state index contributed by atoms with van der Waals surface area (Å²) in [4.78, 5) is 37.2. The fourth-order valence-corrected chi connectivity index (χ4v) is 2.23. The molecule has 0 bridgehead atoms. The van der Waals surface area contributed by atoms with E-state index in [1.54, 1.807) is 24.3 Å². The Hall–Kier alpha value is -2.57. The predicted octanol–water partition coefficient (Wildman–Crippen LogP) is 1.26. The van der Waals surface area contributed by atoms with Crippen LogP contribution < -0.4 is 15.0 Å². The molecule has 1 aromatic carbocycles. The molecule has 0 saturated carbocycles. The van der Waals surface area contributed by atoms with E-state index < -0.39 is 5.97 Å². The van der Waals surface area contributed by atoms with Crippen molar-refractivity contribution in [3.05, 3.63) is 24.3 Å². The maximum atomic E-state index is 12.2. The molecule has 7 nitrogen and oxygen atoms in total. The van der Waals surface area contributed by atoms with Gasteiger partial charge in [0.25, 0.3) is 5.91 Å². The molecule has 1 N–H and O–H groups in total. The zero-order valence-corrected chi connectivity index (χ0v) is 13.9. The molecule has 1 heterocycles. The lowest BCUT2D eigenvalue weighted by Gasteiger charge is -2.20. The van der Waals surface area contributed by atoms with Gasteiger partial charge in [0.05, 0.1) is 18.7 Å². The number of anilines is 1. The number of hydrogen-bond acceptors (Lipinski definition) is 5. The zero-order chi connectivity index (χ0) is 17.5. The minimum Gasteiger partial charge on any atom is -0.491 e. The molecule has 0 spiro atoms. The molecule has 0 fully saturated rings. The van der Waals surface area contributed by atoms with Gasteiger partial charge in [-0.15, -0.1) is 0 Å². The second-order valence-corrected chi connectivity index (χ2v) is 5.58. The third-order valence-corrected chi connectivity index (χ3v) is 3.70. The third kappa shape index (κ3) is 4.71. The van der Waals surface area contributed by atoms with Gasteiger partial charge in [-0.3, -0.25) is 19.3 Å². The van der Waals surface area contributed by atoms with Crippen LogP contribution in [0.3, 0.4) is 0 Å². The van der Waals surface area contributed by atoms with Gasteiger partial charge < -0.3 is 14.8 Å². The molecular formula is C17H22N2O5. The smallest absolute Gasteiger partial charge is 0.326 e. The van der Waals surface area contributed by atoms with Crippen LogP contribution >= 0.6 is 0 Å². The van der Waals surface area contributed by atoms with Crippen molar-refractivity contribution in [2.45, 2.75) is 32.7 Å². The Balaban J connectivity index is 1.95. The monoisotopic (exact) mass is 334 g/mol. The number of rotatable bonds is 6. The SMILES string of the molecule is CC[C@H](C)NC(=O)COC(=O)CN1C(=O)CCOc2ccccc21. The highest BCUT2D eigenvalue weighted by Crippen LogP contribution is 2.30. The largest absolute Gasteiger partial charge is 0.491 e. The summed E-state index contributed by atoms with van der Waals surface area (Å²) in [5.41, 5.74) is 0.529. The Labute approximate surface area is 140 Å². The van der Waals surface area contributed by atoms with Crippen LogP contribution in [0.25, 0.3) is 0 Å². The summed E-state index contributed by atoms with van der Waals surface area (Å²) in [7, 11) is 0. The molecule has 0 aliphatic carbocycles. The number of carbonyl (C=O) groups is 3. The normalized spacial score (nSPS) is 14.9. The maximum absolute atomic E-state index is 12.2. The van der Waals surface area contributed by atoms with E-state index in [4.69, 9.17) is 9.47 Å². The topological polar surface area (TPSA) is 84.9 Å². The van der Waals surface area contributed by atoms with Crippen LogP contribution in [0.5, 0.6) is 5.75 Å². The summed E-state index contributed by atoms with van der Waals surface area (Å²) in [5.74, 6) is -0.672. The standard InChI is InChI=1S/C17H22N2O5/c1-3-12(2)18-15(20)11-24-17(22)10-19-13-6-4-5-7-14(13)23-9-8-16(19)21/h4-7,12H,3,8-11H2,1-2H3,(H,18,20)/t12-/m0/s1. The highest BCUT2D eigenvalue weighted by atomic mass is 16.5. The number of para-hydroxylation sites is 2. The van der Waals surface area contributed by atoms with E-state index in [9.17, 15) is 14.4 Å². The van der Waals surface area contributed by atoms with Crippen molar-refractivity contribution in [3.63, 3.8) is 0 Å². The Morgan fingerprint density at radius 1 is 1.38 bits per heavy atom. The number of hydrogen-bond donors (Lipinski definition) is 1. The molecule has 1 atom stereocenters. The summed E-state index contributed by atoms with van der Waals surface area (Å²) in [6.45, 7) is 3.46. The molecule has 0 aromatic heterocycles. The molecule has 1 aliphatic rings. The van der Waals surface area contributed by atoms with Gasteiger partial charge in [-0.25, -0.2) is 0 Å². The van der Waals surface area contributed by atoms with Crippen molar-refractivity contribution in [1.29, 1.82) is 0 Å².